The summed E-state index contributed by atoms with van der Waals surface area (Å²) >= 11 is 8.19. The molecule has 4 heteroatoms. The number of thioether (sulfide) groups is 1. The van der Waals surface area contributed by atoms with Gasteiger partial charge in [-0.05, 0) is 43.2 Å². The van der Waals surface area contributed by atoms with Crippen LogP contribution in [0.4, 0.5) is 5.69 Å². The summed E-state index contributed by atoms with van der Waals surface area (Å²) in [7, 11) is 0. The van der Waals surface area contributed by atoms with E-state index in [1.165, 1.54) is 29.2 Å². The summed E-state index contributed by atoms with van der Waals surface area (Å²) in [5.41, 5.74) is 8.54. The van der Waals surface area contributed by atoms with Crippen LogP contribution in [0.1, 0.15) is 18.9 Å². The van der Waals surface area contributed by atoms with E-state index in [0.717, 1.165) is 24.5 Å². The molecule has 0 amide bonds. The summed E-state index contributed by atoms with van der Waals surface area (Å²) in [6.45, 7) is 4.28. The molecular weight excluding hydrogens is 264 g/mol. The van der Waals surface area contributed by atoms with Crippen molar-refractivity contribution in [3.8, 4) is 0 Å². The van der Waals surface area contributed by atoms with Crippen LogP contribution in [-0.4, -0.2) is 30.6 Å². The van der Waals surface area contributed by atoms with Crippen molar-refractivity contribution in [2.45, 2.75) is 25.8 Å². The molecule has 1 aliphatic heterocycles. The summed E-state index contributed by atoms with van der Waals surface area (Å²) in [5, 5.41) is 0.815. The second-order valence-electron chi connectivity index (χ2n) is 4.91. The summed E-state index contributed by atoms with van der Waals surface area (Å²) < 4.78 is 0. The molecule has 1 aromatic rings. The maximum absolute atomic E-state index is 6.15. The third-order valence-corrected chi connectivity index (χ3v) is 4.44. The Kier molecular flexibility index (Phi) is 5.22. The third-order valence-electron chi connectivity index (χ3n) is 3.15. The zero-order chi connectivity index (χ0) is 13.0. The van der Waals surface area contributed by atoms with Gasteiger partial charge in [0.2, 0.25) is 0 Å². The van der Waals surface area contributed by atoms with Gasteiger partial charge in [0.1, 0.15) is 0 Å². The Morgan fingerprint density at radius 2 is 2.22 bits per heavy atom. The molecule has 1 atom stereocenters. The van der Waals surface area contributed by atoms with Gasteiger partial charge in [0, 0.05) is 35.6 Å². The smallest absolute Gasteiger partial charge is 0.0426 e. The van der Waals surface area contributed by atoms with E-state index in [1.54, 1.807) is 0 Å². The molecule has 2 N–H and O–H groups in total. The average molecular weight is 285 g/mol. The van der Waals surface area contributed by atoms with Crippen LogP contribution < -0.4 is 10.6 Å². The average Bonchev–Trinajstić information content (AvgIpc) is 2.59. The van der Waals surface area contributed by atoms with Crippen molar-refractivity contribution in [3.05, 3.63) is 28.8 Å². The van der Waals surface area contributed by atoms with Gasteiger partial charge in [0.05, 0.1) is 0 Å². The van der Waals surface area contributed by atoms with E-state index in [1.807, 2.05) is 17.8 Å². The molecule has 1 fully saturated rings. The highest BCUT2D eigenvalue weighted by atomic mass is 35.5. The molecule has 0 bridgehead atoms. The second kappa shape index (κ2) is 6.69. The summed E-state index contributed by atoms with van der Waals surface area (Å²) in [6, 6.07) is 6.37. The standard InChI is InChI=1S/C14H21ClN2S/c1-11(16)9-12-3-4-13(15)10-14(12)17-5-2-7-18-8-6-17/h3-4,10-11H,2,5-9,16H2,1H3. The molecule has 0 saturated carbocycles. The molecule has 0 radical (unpaired) electrons. The first-order valence-corrected chi connectivity index (χ1v) is 8.07. The number of anilines is 1. The number of nitrogens with two attached hydrogens (primary N) is 1. The topological polar surface area (TPSA) is 29.3 Å². The number of rotatable bonds is 3. The molecule has 0 aliphatic carbocycles. The van der Waals surface area contributed by atoms with Crippen LogP contribution >= 0.6 is 23.4 Å². The predicted molar refractivity (Wildman–Crippen MR) is 83.0 cm³/mol. The van der Waals surface area contributed by atoms with Crippen molar-refractivity contribution >= 4 is 29.1 Å². The van der Waals surface area contributed by atoms with Crippen molar-refractivity contribution in [1.29, 1.82) is 0 Å². The van der Waals surface area contributed by atoms with E-state index in [2.05, 4.69) is 24.0 Å². The van der Waals surface area contributed by atoms with E-state index in [9.17, 15) is 0 Å². The van der Waals surface area contributed by atoms with Crippen LogP contribution in [0.2, 0.25) is 5.02 Å². The highest BCUT2D eigenvalue weighted by molar-refractivity contribution is 7.99. The van der Waals surface area contributed by atoms with Crippen molar-refractivity contribution in [1.82, 2.24) is 0 Å². The highest BCUT2D eigenvalue weighted by Gasteiger charge is 2.14. The predicted octanol–water partition coefficient (Wildman–Crippen LogP) is 3.17. The van der Waals surface area contributed by atoms with Crippen LogP contribution in [0.15, 0.2) is 18.2 Å². The number of benzene rings is 1. The fourth-order valence-electron chi connectivity index (χ4n) is 2.34. The Morgan fingerprint density at radius 1 is 1.39 bits per heavy atom. The van der Waals surface area contributed by atoms with Gasteiger partial charge in [0.15, 0.2) is 0 Å². The SMILES string of the molecule is CC(N)Cc1ccc(Cl)cc1N1CCCSCC1. The van der Waals surface area contributed by atoms with Gasteiger partial charge in [0.25, 0.3) is 0 Å². The normalized spacial score (nSPS) is 18.5. The maximum Gasteiger partial charge on any atom is 0.0426 e. The lowest BCUT2D eigenvalue weighted by molar-refractivity contribution is 0.729. The van der Waals surface area contributed by atoms with Crippen LogP contribution in [0.5, 0.6) is 0 Å². The number of hydrogen-bond acceptors (Lipinski definition) is 3. The first-order chi connectivity index (χ1) is 8.66. The molecule has 0 aromatic heterocycles. The van der Waals surface area contributed by atoms with Gasteiger partial charge in [-0.15, -0.1) is 0 Å². The number of nitrogens with zero attached hydrogens (tertiary/aromatic N) is 1. The molecule has 1 unspecified atom stereocenters. The van der Waals surface area contributed by atoms with E-state index in [0.29, 0.717) is 0 Å². The van der Waals surface area contributed by atoms with Crippen LogP contribution in [0.25, 0.3) is 0 Å². The first-order valence-electron chi connectivity index (χ1n) is 6.53. The molecule has 2 rings (SSSR count). The monoisotopic (exact) mass is 284 g/mol. The minimum Gasteiger partial charge on any atom is -0.370 e. The minimum atomic E-state index is 0.186. The second-order valence-corrected chi connectivity index (χ2v) is 6.57. The van der Waals surface area contributed by atoms with Crippen molar-refractivity contribution in [3.63, 3.8) is 0 Å². The Balaban J connectivity index is 2.24. The Morgan fingerprint density at radius 3 is 3.00 bits per heavy atom. The fourth-order valence-corrected chi connectivity index (χ4v) is 3.39. The lowest BCUT2D eigenvalue weighted by atomic mass is 10.0. The van der Waals surface area contributed by atoms with E-state index in [-0.39, 0.29) is 6.04 Å². The van der Waals surface area contributed by atoms with E-state index in [4.69, 9.17) is 17.3 Å². The zero-order valence-electron chi connectivity index (χ0n) is 10.9. The molecule has 18 heavy (non-hydrogen) atoms. The number of halogens is 1. The maximum atomic E-state index is 6.15. The summed E-state index contributed by atoms with van der Waals surface area (Å²) in [4.78, 5) is 2.46. The quantitative estimate of drug-likeness (QED) is 0.924. The Labute approximate surface area is 119 Å². The Hall–Kier alpha value is -0.380. The number of hydrogen-bond donors (Lipinski definition) is 1. The van der Waals surface area contributed by atoms with Crippen molar-refractivity contribution < 1.29 is 0 Å². The largest absolute Gasteiger partial charge is 0.370 e. The molecule has 1 heterocycles. The van der Waals surface area contributed by atoms with Crippen LogP contribution in [-0.2, 0) is 6.42 Å². The third kappa shape index (κ3) is 3.81. The van der Waals surface area contributed by atoms with Crippen LogP contribution in [0, 0.1) is 0 Å². The minimum absolute atomic E-state index is 0.186. The lowest BCUT2D eigenvalue weighted by Crippen LogP contribution is -2.28. The van der Waals surface area contributed by atoms with E-state index < -0.39 is 0 Å². The van der Waals surface area contributed by atoms with Crippen LogP contribution in [0.3, 0.4) is 0 Å². The zero-order valence-corrected chi connectivity index (χ0v) is 12.4. The highest BCUT2D eigenvalue weighted by Crippen LogP contribution is 2.27. The van der Waals surface area contributed by atoms with Gasteiger partial charge in [-0.2, -0.15) is 11.8 Å². The van der Waals surface area contributed by atoms with Gasteiger partial charge >= 0.3 is 0 Å². The van der Waals surface area contributed by atoms with Gasteiger partial charge in [-0.1, -0.05) is 17.7 Å². The van der Waals surface area contributed by atoms with Gasteiger partial charge < -0.3 is 10.6 Å². The molecule has 1 saturated heterocycles. The van der Waals surface area contributed by atoms with Crippen molar-refractivity contribution in [2.75, 3.05) is 29.5 Å². The van der Waals surface area contributed by atoms with Crippen molar-refractivity contribution in [2.24, 2.45) is 5.73 Å². The molecule has 1 aromatic carbocycles. The lowest BCUT2D eigenvalue weighted by Gasteiger charge is -2.26. The van der Waals surface area contributed by atoms with E-state index >= 15 is 0 Å². The summed E-state index contributed by atoms with van der Waals surface area (Å²) in [6.07, 6.45) is 2.16. The van der Waals surface area contributed by atoms with Gasteiger partial charge in [-0.3, -0.25) is 0 Å². The Bertz CT molecular complexity index is 387. The molecule has 0 spiro atoms. The molecule has 100 valence electrons. The molecule has 1 aliphatic rings. The van der Waals surface area contributed by atoms with Gasteiger partial charge in [-0.25, -0.2) is 0 Å². The fraction of sp³-hybridized carbons (Fsp3) is 0.571. The molecule has 2 nitrogen and oxygen atoms in total. The first kappa shape index (κ1) is 14.0. The summed E-state index contributed by atoms with van der Waals surface area (Å²) in [5.74, 6) is 2.46. The molecular formula is C14H21ClN2S.